The molecule has 3 heterocycles. The summed E-state index contributed by atoms with van der Waals surface area (Å²) in [6, 6.07) is 8.05. The van der Waals surface area contributed by atoms with Crippen LogP contribution in [0.1, 0.15) is 28.9 Å². The standard InChI is InChI=1S/C20H29N5O2/c1-13-4-15(23-19(21)6-13)10-26-12-17-8-18(9-25(17)3)27-11-16-5-14(2)7-20(22)24-16/h4-7,17-18H,8-12H2,1-3H3,(H2,21,23)(H2,22,24). The topological polar surface area (TPSA) is 99.5 Å². The molecule has 3 rings (SSSR count). The molecule has 0 amide bonds. The molecule has 1 aliphatic heterocycles. The molecule has 4 N–H and O–H groups in total. The number of nitrogen functional groups attached to an aromatic ring is 2. The second-order valence-electron chi connectivity index (χ2n) is 7.40. The van der Waals surface area contributed by atoms with E-state index in [4.69, 9.17) is 20.9 Å². The van der Waals surface area contributed by atoms with Gasteiger partial charge in [0.1, 0.15) is 11.6 Å². The molecule has 0 aliphatic carbocycles. The van der Waals surface area contributed by atoms with Gasteiger partial charge in [-0.2, -0.15) is 0 Å². The molecule has 2 aromatic heterocycles. The van der Waals surface area contributed by atoms with Gasteiger partial charge in [-0.15, -0.1) is 0 Å². The molecule has 7 heteroatoms. The zero-order valence-electron chi connectivity index (χ0n) is 16.3. The van der Waals surface area contributed by atoms with Crippen LogP contribution in [0.3, 0.4) is 0 Å². The molecule has 1 fully saturated rings. The molecule has 0 radical (unpaired) electrons. The van der Waals surface area contributed by atoms with Gasteiger partial charge in [0.15, 0.2) is 0 Å². The van der Waals surface area contributed by atoms with E-state index in [1.807, 2.05) is 38.1 Å². The first-order valence-corrected chi connectivity index (χ1v) is 9.24. The second-order valence-corrected chi connectivity index (χ2v) is 7.40. The van der Waals surface area contributed by atoms with Gasteiger partial charge in [-0.3, -0.25) is 4.90 Å². The van der Waals surface area contributed by atoms with Crippen molar-refractivity contribution in [1.29, 1.82) is 0 Å². The van der Waals surface area contributed by atoms with Crippen LogP contribution < -0.4 is 11.5 Å². The van der Waals surface area contributed by atoms with Gasteiger partial charge in [0.2, 0.25) is 0 Å². The van der Waals surface area contributed by atoms with Crippen LogP contribution in [0.5, 0.6) is 0 Å². The van der Waals surface area contributed by atoms with Crippen LogP contribution in [0.25, 0.3) is 0 Å². The van der Waals surface area contributed by atoms with E-state index >= 15 is 0 Å². The Labute approximate surface area is 160 Å². The summed E-state index contributed by atoms with van der Waals surface area (Å²) in [5.41, 5.74) is 15.5. The number of nitrogens with zero attached hydrogens (tertiary/aromatic N) is 3. The van der Waals surface area contributed by atoms with Crippen molar-refractivity contribution in [3.8, 4) is 0 Å². The third-order valence-corrected chi connectivity index (χ3v) is 4.76. The van der Waals surface area contributed by atoms with Crippen LogP contribution in [0.2, 0.25) is 0 Å². The van der Waals surface area contributed by atoms with E-state index in [0.717, 1.165) is 35.5 Å². The number of hydrogen-bond donors (Lipinski definition) is 2. The van der Waals surface area contributed by atoms with Crippen LogP contribution in [0.4, 0.5) is 11.6 Å². The number of hydrogen-bond acceptors (Lipinski definition) is 7. The lowest BCUT2D eigenvalue weighted by atomic mass is 10.2. The van der Waals surface area contributed by atoms with Crippen molar-refractivity contribution >= 4 is 11.6 Å². The number of anilines is 2. The predicted octanol–water partition coefficient (Wildman–Crippen LogP) is 2.06. The molecule has 7 nitrogen and oxygen atoms in total. The zero-order chi connectivity index (χ0) is 19.4. The number of rotatable bonds is 7. The minimum Gasteiger partial charge on any atom is -0.384 e. The van der Waals surface area contributed by atoms with E-state index in [2.05, 4.69) is 21.9 Å². The highest BCUT2D eigenvalue weighted by Crippen LogP contribution is 2.21. The summed E-state index contributed by atoms with van der Waals surface area (Å²) in [4.78, 5) is 10.9. The number of likely N-dealkylation sites (N-methyl/N-ethyl adjacent to an activating group) is 1. The van der Waals surface area contributed by atoms with Gasteiger partial charge < -0.3 is 20.9 Å². The Kier molecular flexibility index (Phi) is 6.26. The van der Waals surface area contributed by atoms with E-state index in [1.54, 1.807) is 0 Å². The van der Waals surface area contributed by atoms with Crippen LogP contribution in [-0.4, -0.2) is 47.2 Å². The number of aromatic nitrogens is 2. The highest BCUT2D eigenvalue weighted by Gasteiger charge is 2.30. The second kappa shape index (κ2) is 8.65. The molecule has 0 spiro atoms. The Balaban J connectivity index is 1.45. The smallest absolute Gasteiger partial charge is 0.123 e. The van der Waals surface area contributed by atoms with Crippen molar-refractivity contribution < 1.29 is 9.47 Å². The fourth-order valence-electron chi connectivity index (χ4n) is 3.53. The lowest BCUT2D eigenvalue weighted by molar-refractivity contribution is 0.0447. The fourth-order valence-corrected chi connectivity index (χ4v) is 3.53. The number of likely N-dealkylation sites (tertiary alicyclic amines) is 1. The van der Waals surface area contributed by atoms with Crippen molar-refractivity contribution in [3.05, 3.63) is 46.8 Å². The highest BCUT2D eigenvalue weighted by molar-refractivity contribution is 5.34. The van der Waals surface area contributed by atoms with Gasteiger partial charge in [-0.05, 0) is 62.7 Å². The third kappa shape index (κ3) is 5.63. The van der Waals surface area contributed by atoms with Crippen molar-refractivity contribution in [2.24, 2.45) is 0 Å². The minimum atomic E-state index is 0.167. The zero-order valence-corrected chi connectivity index (χ0v) is 16.3. The highest BCUT2D eigenvalue weighted by atomic mass is 16.5. The van der Waals surface area contributed by atoms with Crippen LogP contribution in [0, 0.1) is 13.8 Å². The maximum Gasteiger partial charge on any atom is 0.123 e. The summed E-state index contributed by atoms with van der Waals surface area (Å²) < 4.78 is 11.9. The minimum absolute atomic E-state index is 0.167. The summed E-state index contributed by atoms with van der Waals surface area (Å²) in [5, 5.41) is 0. The van der Waals surface area contributed by atoms with Gasteiger partial charge >= 0.3 is 0 Å². The van der Waals surface area contributed by atoms with Crippen molar-refractivity contribution in [2.75, 3.05) is 31.7 Å². The Hall–Kier alpha value is -2.22. The first-order chi connectivity index (χ1) is 12.9. The summed E-state index contributed by atoms with van der Waals surface area (Å²) >= 11 is 0. The Bertz CT molecular complexity index is 742. The molecule has 2 aromatic rings. The van der Waals surface area contributed by atoms with Gasteiger partial charge in [0.05, 0.1) is 37.3 Å². The van der Waals surface area contributed by atoms with E-state index in [0.29, 0.717) is 37.5 Å². The van der Waals surface area contributed by atoms with Crippen molar-refractivity contribution in [1.82, 2.24) is 14.9 Å². The largest absolute Gasteiger partial charge is 0.384 e. The fraction of sp³-hybridized carbons (Fsp3) is 0.500. The first kappa shape index (κ1) is 19.5. The molecule has 1 aliphatic rings. The molecule has 146 valence electrons. The predicted molar refractivity (Wildman–Crippen MR) is 106 cm³/mol. The third-order valence-electron chi connectivity index (χ3n) is 4.76. The van der Waals surface area contributed by atoms with Gasteiger partial charge in [0.25, 0.3) is 0 Å². The van der Waals surface area contributed by atoms with Crippen molar-refractivity contribution in [2.45, 2.75) is 45.6 Å². The number of ether oxygens (including phenoxy) is 2. The SMILES string of the molecule is Cc1cc(N)nc(COCC2CC(OCc3cc(C)cc(N)n3)CN2C)c1. The Morgan fingerprint density at radius 1 is 1.00 bits per heavy atom. The molecule has 0 saturated carbocycles. The van der Waals surface area contributed by atoms with Crippen LogP contribution in [0.15, 0.2) is 24.3 Å². The van der Waals surface area contributed by atoms with Crippen LogP contribution in [-0.2, 0) is 22.7 Å². The molecular formula is C20H29N5O2. The van der Waals surface area contributed by atoms with E-state index in [9.17, 15) is 0 Å². The van der Waals surface area contributed by atoms with Crippen LogP contribution >= 0.6 is 0 Å². The van der Waals surface area contributed by atoms with E-state index < -0.39 is 0 Å². The van der Waals surface area contributed by atoms with Gasteiger partial charge in [0, 0.05) is 12.6 Å². The van der Waals surface area contributed by atoms with E-state index in [-0.39, 0.29) is 6.10 Å². The summed E-state index contributed by atoms with van der Waals surface area (Å²) in [6.45, 7) is 6.48. The molecule has 0 bridgehead atoms. The average molecular weight is 371 g/mol. The van der Waals surface area contributed by atoms with Gasteiger partial charge in [-0.25, -0.2) is 9.97 Å². The summed E-state index contributed by atoms with van der Waals surface area (Å²) in [7, 11) is 2.10. The van der Waals surface area contributed by atoms with E-state index in [1.165, 1.54) is 0 Å². The Morgan fingerprint density at radius 3 is 2.19 bits per heavy atom. The average Bonchev–Trinajstić information content (AvgIpc) is 2.91. The number of pyridine rings is 2. The normalized spacial score (nSPS) is 20.3. The molecular weight excluding hydrogens is 342 g/mol. The monoisotopic (exact) mass is 371 g/mol. The lowest BCUT2D eigenvalue weighted by Gasteiger charge is -2.18. The molecule has 2 unspecified atom stereocenters. The van der Waals surface area contributed by atoms with Crippen molar-refractivity contribution in [3.63, 3.8) is 0 Å². The summed E-state index contributed by atoms with van der Waals surface area (Å²) in [5.74, 6) is 1.07. The lowest BCUT2D eigenvalue weighted by Crippen LogP contribution is -2.29. The number of aryl methyl sites for hydroxylation is 2. The number of nitrogens with two attached hydrogens (primary N) is 2. The molecule has 27 heavy (non-hydrogen) atoms. The summed E-state index contributed by atoms with van der Waals surface area (Å²) in [6.07, 6.45) is 1.10. The molecule has 2 atom stereocenters. The quantitative estimate of drug-likeness (QED) is 0.768. The maximum atomic E-state index is 6.05. The molecule has 1 saturated heterocycles. The van der Waals surface area contributed by atoms with Gasteiger partial charge in [-0.1, -0.05) is 0 Å². The first-order valence-electron chi connectivity index (χ1n) is 9.24. The molecule has 0 aromatic carbocycles. The Morgan fingerprint density at radius 2 is 1.59 bits per heavy atom. The maximum absolute atomic E-state index is 6.05.